The molecular formula is C15H20BrN5. The zero-order valence-electron chi connectivity index (χ0n) is 12.1. The Hall–Kier alpha value is -1.14. The number of aromatic nitrogens is 3. The van der Waals surface area contributed by atoms with E-state index in [1.807, 2.05) is 6.07 Å². The number of anilines is 1. The van der Waals surface area contributed by atoms with Gasteiger partial charge in [0.25, 0.3) is 0 Å². The van der Waals surface area contributed by atoms with Gasteiger partial charge in [-0.2, -0.15) is 0 Å². The van der Waals surface area contributed by atoms with Gasteiger partial charge in [0, 0.05) is 18.1 Å². The number of aromatic amines is 1. The molecule has 2 aromatic heterocycles. The Balaban J connectivity index is 1.58. The van der Waals surface area contributed by atoms with Crippen LogP contribution in [0.5, 0.6) is 0 Å². The standard InChI is InChI=1S/C15H20BrN5/c1-21-10-3-2-4-11(21)6-9(5-10)19-14-12-7-13(16)20-15(12)18-8-17-14/h7-11H,2-6H2,1H3,(H2,17,18,19,20)/t9?,10-,11+. The van der Waals surface area contributed by atoms with E-state index in [0.29, 0.717) is 6.04 Å². The summed E-state index contributed by atoms with van der Waals surface area (Å²) >= 11 is 3.47. The predicted octanol–water partition coefficient (Wildman–Crippen LogP) is 3.15. The Morgan fingerprint density at radius 1 is 1.29 bits per heavy atom. The molecule has 0 amide bonds. The quantitative estimate of drug-likeness (QED) is 0.874. The minimum Gasteiger partial charge on any atom is -0.367 e. The molecule has 3 atom stereocenters. The van der Waals surface area contributed by atoms with Gasteiger partial charge >= 0.3 is 0 Å². The van der Waals surface area contributed by atoms with Gasteiger partial charge in [0.05, 0.1) is 9.99 Å². The lowest BCUT2D eigenvalue weighted by atomic mass is 9.82. The van der Waals surface area contributed by atoms with Gasteiger partial charge in [0.1, 0.15) is 17.8 Å². The van der Waals surface area contributed by atoms with Crippen molar-refractivity contribution in [2.24, 2.45) is 0 Å². The number of hydrogen-bond donors (Lipinski definition) is 2. The Kier molecular flexibility index (Phi) is 3.38. The number of fused-ring (bicyclic) bond motifs is 3. The lowest BCUT2D eigenvalue weighted by Gasteiger charge is -2.47. The van der Waals surface area contributed by atoms with E-state index in [1.165, 1.54) is 32.1 Å². The second-order valence-corrected chi connectivity index (χ2v) is 7.17. The number of nitrogens with zero attached hydrogens (tertiary/aromatic N) is 3. The van der Waals surface area contributed by atoms with Crippen LogP contribution in [0.1, 0.15) is 32.1 Å². The lowest BCUT2D eigenvalue weighted by molar-refractivity contribution is 0.0608. The average Bonchev–Trinajstić information content (AvgIpc) is 2.81. The summed E-state index contributed by atoms with van der Waals surface area (Å²) in [7, 11) is 2.29. The first-order valence-corrected chi connectivity index (χ1v) is 8.47. The zero-order chi connectivity index (χ0) is 14.4. The highest BCUT2D eigenvalue weighted by molar-refractivity contribution is 9.10. The molecule has 1 unspecified atom stereocenters. The summed E-state index contributed by atoms with van der Waals surface area (Å²) < 4.78 is 0.946. The number of halogens is 1. The molecule has 2 saturated heterocycles. The molecule has 2 bridgehead atoms. The molecule has 0 spiro atoms. The normalized spacial score (nSPS) is 29.7. The molecule has 112 valence electrons. The van der Waals surface area contributed by atoms with E-state index < -0.39 is 0 Å². The number of piperidine rings is 2. The second-order valence-electron chi connectivity index (χ2n) is 6.32. The molecule has 6 heteroatoms. The number of nitrogens with one attached hydrogen (secondary N) is 2. The van der Waals surface area contributed by atoms with Crippen molar-refractivity contribution >= 4 is 32.8 Å². The summed E-state index contributed by atoms with van der Waals surface area (Å²) in [6.07, 6.45) is 8.10. The molecular weight excluding hydrogens is 330 g/mol. The van der Waals surface area contributed by atoms with Crippen LogP contribution >= 0.6 is 15.9 Å². The molecule has 2 aromatic rings. The monoisotopic (exact) mass is 349 g/mol. The third kappa shape index (κ3) is 2.44. The van der Waals surface area contributed by atoms with E-state index in [1.54, 1.807) is 6.33 Å². The van der Waals surface area contributed by atoms with E-state index in [4.69, 9.17) is 0 Å². The van der Waals surface area contributed by atoms with Crippen LogP contribution in [0.25, 0.3) is 11.0 Å². The zero-order valence-corrected chi connectivity index (χ0v) is 13.7. The maximum atomic E-state index is 4.45. The summed E-state index contributed by atoms with van der Waals surface area (Å²) in [6, 6.07) is 4.02. The van der Waals surface area contributed by atoms with Gasteiger partial charge in [-0.1, -0.05) is 6.42 Å². The fourth-order valence-corrected chi connectivity index (χ4v) is 4.37. The molecule has 2 aliphatic heterocycles. The first kappa shape index (κ1) is 13.5. The molecule has 4 heterocycles. The van der Waals surface area contributed by atoms with E-state index in [-0.39, 0.29) is 0 Å². The van der Waals surface area contributed by atoms with E-state index in [0.717, 1.165) is 33.5 Å². The maximum Gasteiger partial charge on any atom is 0.143 e. The average molecular weight is 350 g/mol. The molecule has 2 aliphatic rings. The molecule has 0 saturated carbocycles. The highest BCUT2D eigenvalue weighted by Crippen LogP contribution is 2.34. The summed E-state index contributed by atoms with van der Waals surface area (Å²) in [4.78, 5) is 14.5. The van der Waals surface area contributed by atoms with Crippen molar-refractivity contribution in [3.63, 3.8) is 0 Å². The van der Waals surface area contributed by atoms with E-state index in [2.05, 4.69) is 48.1 Å². The van der Waals surface area contributed by atoms with Crippen LogP contribution in [-0.4, -0.2) is 45.0 Å². The summed E-state index contributed by atoms with van der Waals surface area (Å²) in [5, 5.41) is 4.73. The topological polar surface area (TPSA) is 56.8 Å². The summed E-state index contributed by atoms with van der Waals surface area (Å²) in [5.74, 6) is 0.953. The number of H-pyrrole nitrogens is 1. The van der Waals surface area contributed by atoms with Crippen LogP contribution in [0.2, 0.25) is 0 Å². The SMILES string of the molecule is CN1[C@@H]2CCC[C@H]1CC(Nc1ncnc3[nH]c(Br)cc13)C2. The van der Waals surface area contributed by atoms with Crippen molar-refractivity contribution in [2.45, 2.75) is 50.2 Å². The molecule has 5 nitrogen and oxygen atoms in total. The van der Waals surface area contributed by atoms with Gasteiger partial charge in [-0.05, 0) is 54.7 Å². The van der Waals surface area contributed by atoms with E-state index >= 15 is 0 Å². The van der Waals surface area contributed by atoms with Gasteiger partial charge in [0.15, 0.2) is 0 Å². The minimum absolute atomic E-state index is 0.517. The molecule has 2 fully saturated rings. The number of rotatable bonds is 2. The first-order chi connectivity index (χ1) is 10.2. The predicted molar refractivity (Wildman–Crippen MR) is 87.4 cm³/mol. The van der Waals surface area contributed by atoms with Gasteiger partial charge < -0.3 is 15.2 Å². The van der Waals surface area contributed by atoms with Gasteiger partial charge in [-0.25, -0.2) is 9.97 Å². The number of hydrogen-bond acceptors (Lipinski definition) is 4. The second kappa shape index (κ2) is 5.25. The highest BCUT2D eigenvalue weighted by Gasteiger charge is 2.36. The van der Waals surface area contributed by atoms with Crippen LogP contribution in [0.15, 0.2) is 17.0 Å². The first-order valence-electron chi connectivity index (χ1n) is 7.68. The van der Waals surface area contributed by atoms with Crippen molar-refractivity contribution in [1.29, 1.82) is 0 Å². The fraction of sp³-hybridized carbons (Fsp3) is 0.600. The molecule has 4 rings (SSSR count). The smallest absolute Gasteiger partial charge is 0.143 e. The minimum atomic E-state index is 0.517. The maximum absolute atomic E-state index is 4.45. The van der Waals surface area contributed by atoms with Crippen molar-refractivity contribution in [3.8, 4) is 0 Å². The van der Waals surface area contributed by atoms with Crippen LogP contribution < -0.4 is 5.32 Å². The van der Waals surface area contributed by atoms with Gasteiger partial charge in [-0.3, -0.25) is 0 Å². The van der Waals surface area contributed by atoms with Crippen molar-refractivity contribution in [2.75, 3.05) is 12.4 Å². The third-order valence-corrected chi connectivity index (χ3v) is 5.50. The third-order valence-electron chi connectivity index (χ3n) is 5.07. The summed E-state index contributed by atoms with van der Waals surface area (Å²) in [5.41, 5.74) is 0.882. The molecule has 0 aliphatic carbocycles. The van der Waals surface area contributed by atoms with E-state index in [9.17, 15) is 0 Å². The van der Waals surface area contributed by atoms with Crippen LogP contribution in [0, 0.1) is 0 Å². The Morgan fingerprint density at radius 3 is 2.81 bits per heavy atom. The van der Waals surface area contributed by atoms with Crippen molar-refractivity contribution in [3.05, 3.63) is 17.0 Å². The van der Waals surface area contributed by atoms with Crippen LogP contribution in [-0.2, 0) is 0 Å². The highest BCUT2D eigenvalue weighted by atomic mass is 79.9. The Bertz CT molecular complexity index is 641. The Labute approximate surface area is 132 Å². The van der Waals surface area contributed by atoms with Gasteiger partial charge in [0.2, 0.25) is 0 Å². The largest absolute Gasteiger partial charge is 0.367 e. The van der Waals surface area contributed by atoms with Crippen molar-refractivity contribution in [1.82, 2.24) is 19.9 Å². The molecule has 2 N–H and O–H groups in total. The van der Waals surface area contributed by atoms with Crippen LogP contribution in [0.4, 0.5) is 5.82 Å². The summed E-state index contributed by atoms with van der Waals surface area (Å²) in [6.45, 7) is 0. The molecule has 0 radical (unpaired) electrons. The molecule has 21 heavy (non-hydrogen) atoms. The van der Waals surface area contributed by atoms with Crippen LogP contribution in [0.3, 0.4) is 0 Å². The lowest BCUT2D eigenvalue weighted by Crippen LogP contribution is -2.52. The molecule has 0 aromatic carbocycles. The van der Waals surface area contributed by atoms with Crippen molar-refractivity contribution < 1.29 is 0 Å². The van der Waals surface area contributed by atoms with Gasteiger partial charge in [-0.15, -0.1) is 0 Å². The Morgan fingerprint density at radius 2 is 2.05 bits per heavy atom. The fourth-order valence-electron chi connectivity index (χ4n) is 3.95.